The van der Waals surface area contributed by atoms with Gasteiger partial charge in [0, 0.05) is 19.5 Å². The second kappa shape index (κ2) is 8.05. The number of rotatable bonds is 6. The molecule has 2 aromatic rings. The van der Waals surface area contributed by atoms with Gasteiger partial charge in [-0.15, -0.1) is 0 Å². The largest absolute Gasteiger partial charge is 0.340 e. The summed E-state index contributed by atoms with van der Waals surface area (Å²) in [6, 6.07) is 8.37. The average Bonchev–Trinajstić information content (AvgIpc) is 3.46. The van der Waals surface area contributed by atoms with Crippen molar-refractivity contribution in [3.05, 3.63) is 52.7 Å². The first kappa shape index (κ1) is 19.3. The summed E-state index contributed by atoms with van der Waals surface area (Å²) in [5, 5.41) is 9.59. The lowest BCUT2D eigenvalue weighted by Gasteiger charge is -2.21. The molecular formula is C20H21FN4OS. The molecule has 1 aromatic carbocycles. The zero-order valence-corrected chi connectivity index (χ0v) is 16.4. The highest BCUT2D eigenvalue weighted by atomic mass is 32.2. The Morgan fingerprint density at radius 2 is 2.19 bits per heavy atom. The molecule has 0 aliphatic heterocycles. The Bertz CT molecular complexity index is 907. The molecule has 1 aliphatic carbocycles. The molecule has 27 heavy (non-hydrogen) atoms. The minimum Gasteiger partial charge on any atom is -0.340 e. The fraction of sp³-hybridized carbons (Fsp3) is 0.400. The number of carbonyl (C=O) groups excluding carboxylic acids is 1. The number of aromatic nitrogens is 2. The molecule has 0 bridgehead atoms. The van der Waals surface area contributed by atoms with Crippen LogP contribution in [0.25, 0.3) is 0 Å². The molecule has 1 aromatic heterocycles. The molecule has 7 heteroatoms. The Morgan fingerprint density at radius 3 is 2.81 bits per heavy atom. The van der Waals surface area contributed by atoms with Crippen LogP contribution in [0.3, 0.4) is 0 Å². The van der Waals surface area contributed by atoms with Gasteiger partial charge in [-0.2, -0.15) is 5.26 Å². The fourth-order valence-electron chi connectivity index (χ4n) is 2.82. The van der Waals surface area contributed by atoms with Crippen LogP contribution >= 0.6 is 11.8 Å². The number of hydrogen-bond acceptors (Lipinski definition) is 5. The van der Waals surface area contributed by atoms with Gasteiger partial charge in [0.05, 0.1) is 10.9 Å². The van der Waals surface area contributed by atoms with Gasteiger partial charge < -0.3 is 4.90 Å². The van der Waals surface area contributed by atoms with Crippen molar-refractivity contribution in [3.63, 3.8) is 0 Å². The number of carbonyl (C=O) groups is 1. The predicted octanol–water partition coefficient (Wildman–Crippen LogP) is 3.81. The van der Waals surface area contributed by atoms with Gasteiger partial charge in [0.1, 0.15) is 28.3 Å². The lowest BCUT2D eigenvalue weighted by Crippen LogP contribution is -2.33. The van der Waals surface area contributed by atoms with E-state index in [1.807, 2.05) is 0 Å². The molecule has 1 saturated carbocycles. The van der Waals surface area contributed by atoms with E-state index in [0.29, 0.717) is 28.7 Å². The van der Waals surface area contributed by atoms with Gasteiger partial charge in [-0.3, -0.25) is 4.79 Å². The number of hydrogen-bond donors (Lipinski definition) is 0. The van der Waals surface area contributed by atoms with Crippen LogP contribution in [0.4, 0.5) is 4.39 Å². The van der Waals surface area contributed by atoms with Gasteiger partial charge in [0.2, 0.25) is 5.91 Å². The van der Waals surface area contributed by atoms with Gasteiger partial charge in [-0.25, -0.2) is 14.4 Å². The molecule has 1 unspecified atom stereocenters. The van der Waals surface area contributed by atoms with E-state index in [2.05, 4.69) is 16.0 Å². The van der Waals surface area contributed by atoms with E-state index in [9.17, 15) is 14.4 Å². The van der Waals surface area contributed by atoms with Crippen LogP contribution in [0.1, 0.15) is 48.3 Å². The van der Waals surface area contributed by atoms with E-state index < -0.39 is 5.25 Å². The van der Waals surface area contributed by atoms with Crippen molar-refractivity contribution < 1.29 is 9.18 Å². The van der Waals surface area contributed by atoms with Crippen LogP contribution in [0, 0.1) is 24.1 Å². The van der Waals surface area contributed by atoms with Crippen molar-refractivity contribution in [3.8, 4) is 6.07 Å². The van der Waals surface area contributed by atoms with Crippen molar-refractivity contribution in [2.75, 3.05) is 7.05 Å². The first-order valence-electron chi connectivity index (χ1n) is 8.83. The third-order valence-corrected chi connectivity index (χ3v) is 5.52. The molecule has 1 aliphatic rings. The minimum atomic E-state index is -0.419. The quantitative estimate of drug-likeness (QED) is 0.559. The zero-order valence-electron chi connectivity index (χ0n) is 15.6. The number of thioether (sulfide) groups is 1. The summed E-state index contributed by atoms with van der Waals surface area (Å²) in [7, 11) is 1.69. The number of halogens is 1. The normalized spacial score (nSPS) is 14.5. The Balaban J connectivity index is 1.73. The lowest BCUT2D eigenvalue weighted by molar-refractivity contribution is -0.129. The summed E-state index contributed by atoms with van der Waals surface area (Å²) in [4.78, 5) is 23.3. The zero-order chi connectivity index (χ0) is 19.6. The maximum atomic E-state index is 13.3. The molecular weight excluding hydrogens is 363 g/mol. The van der Waals surface area contributed by atoms with Gasteiger partial charge in [0.15, 0.2) is 0 Å². The van der Waals surface area contributed by atoms with Gasteiger partial charge in [-0.05, 0) is 44.4 Å². The van der Waals surface area contributed by atoms with Crippen molar-refractivity contribution in [2.24, 2.45) is 0 Å². The van der Waals surface area contributed by atoms with Crippen LogP contribution in [0.15, 0.2) is 29.3 Å². The van der Waals surface area contributed by atoms with E-state index in [0.717, 1.165) is 24.2 Å². The maximum Gasteiger partial charge on any atom is 0.235 e. The van der Waals surface area contributed by atoms with E-state index in [-0.39, 0.29) is 11.7 Å². The second-order valence-electron chi connectivity index (χ2n) is 6.82. The molecule has 1 amide bonds. The third-order valence-electron chi connectivity index (χ3n) is 4.45. The van der Waals surface area contributed by atoms with E-state index in [1.165, 1.54) is 23.9 Å². The fourth-order valence-corrected chi connectivity index (χ4v) is 3.89. The topological polar surface area (TPSA) is 69.9 Å². The highest BCUT2D eigenvalue weighted by Crippen LogP contribution is 2.39. The molecule has 1 fully saturated rings. The lowest BCUT2D eigenvalue weighted by atomic mass is 10.2. The average molecular weight is 384 g/mol. The minimum absolute atomic E-state index is 0.0996. The van der Waals surface area contributed by atoms with Gasteiger partial charge >= 0.3 is 0 Å². The van der Waals surface area contributed by atoms with Crippen LogP contribution in [0.2, 0.25) is 0 Å². The highest BCUT2D eigenvalue weighted by molar-refractivity contribution is 8.00. The van der Waals surface area contributed by atoms with Crippen LogP contribution in [0.5, 0.6) is 0 Å². The number of nitriles is 1. The molecule has 5 nitrogen and oxygen atoms in total. The molecule has 140 valence electrons. The van der Waals surface area contributed by atoms with Crippen LogP contribution in [-0.4, -0.2) is 33.1 Å². The first-order chi connectivity index (χ1) is 12.9. The summed E-state index contributed by atoms with van der Waals surface area (Å²) >= 11 is 1.28. The van der Waals surface area contributed by atoms with Crippen molar-refractivity contribution >= 4 is 17.7 Å². The molecule has 0 spiro atoms. The highest BCUT2D eigenvalue weighted by Gasteiger charge is 2.29. The van der Waals surface area contributed by atoms with E-state index in [4.69, 9.17) is 0 Å². The predicted molar refractivity (Wildman–Crippen MR) is 102 cm³/mol. The maximum absolute atomic E-state index is 13.3. The molecule has 0 radical (unpaired) electrons. The van der Waals surface area contributed by atoms with Crippen LogP contribution in [-0.2, 0) is 11.3 Å². The monoisotopic (exact) mass is 384 g/mol. The molecule has 3 rings (SSSR count). The van der Waals surface area contributed by atoms with E-state index >= 15 is 0 Å². The van der Waals surface area contributed by atoms with Crippen molar-refractivity contribution in [1.29, 1.82) is 5.26 Å². The number of amides is 1. The summed E-state index contributed by atoms with van der Waals surface area (Å²) < 4.78 is 13.3. The first-order valence-corrected chi connectivity index (χ1v) is 9.71. The van der Waals surface area contributed by atoms with E-state index in [1.54, 1.807) is 37.9 Å². The Kier molecular flexibility index (Phi) is 5.76. The number of nitrogens with zero attached hydrogens (tertiary/aromatic N) is 4. The Labute approximate surface area is 162 Å². The third kappa shape index (κ3) is 4.64. The van der Waals surface area contributed by atoms with Crippen molar-refractivity contribution in [2.45, 2.75) is 49.4 Å². The Morgan fingerprint density at radius 1 is 1.44 bits per heavy atom. The van der Waals surface area contributed by atoms with Crippen molar-refractivity contribution in [1.82, 2.24) is 14.9 Å². The standard InChI is InChI=1S/C20H21FN4OS/c1-12-17(10-22)19(24-18(23-12)15-7-8-15)27-13(2)20(26)25(3)11-14-5-4-6-16(21)9-14/h4-6,9,13,15H,7-8,11H2,1-3H3. The second-order valence-corrected chi connectivity index (χ2v) is 8.15. The summed E-state index contributed by atoms with van der Waals surface area (Å²) in [6.45, 7) is 3.92. The number of aryl methyl sites for hydroxylation is 1. The summed E-state index contributed by atoms with van der Waals surface area (Å²) in [5.41, 5.74) is 1.82. The van der Waals surface area contributed by atoms with Crippen LogP contribution < -0.4 is 0 Å². The molecule has 0 N–H and O–H groups in total. The summed E-state index contributed by atoms with van der Waals surface area (Å²) in [6.07, 6.45) is 2.14. The molecule has 1 heterocycles. The molecule has 1 atom stereocenters. The summed E-state index contributed by atoms with van der Waals surface area (Å²) in [5.74, 6) is 0.718. The SMILES string of the molecule is Cc1nc(C2CC2)nc(SC(C)C(=O)N(C)Cc2cccc(F)c2)c1C#N. The number of benzene rings is 1. The smallest absolute Gasteiger partial charge is 0.235 e. The van der Waals surface area contributed by atoms with Gasteiger partial charge in [0.25, 0.3) is 0 Å². The molecule has 0 saturated heterocycles. The Hall–Kier alpha value is -2.46. The van der Waals surface area contributed by atoms with Gasteiger partial charge in [-0.1, -0.05) is 23.9 Å².